The summed E-state index contributed by atoms with van der Waals surface area (Å²) in [6, 6.07) is 0.773. The standard InChI is InChI=1S/C6H16N2S/c1-9(2)5-8-6-3-7-4-6/h6-9H,3-5H2,1-2H3. The Kier molecular flexibility index (Phi) is 2.82. The van der Waals surface area contributed by atoms with E-state index < -0.39 is 0 Å². The molecule has 0 saturated carbocycles. The molecule has 3 heteroatoms. The second-order valence-corrected chi connectivity index (χ2v) is 5.27. The van der Waals surface area contributed by atoms with Crippen molar-refractivity contribution in [1.29, 1.82) is 0 Å². The first-order chi connectivity index (χ1) is 4.29. The van der Waals surface area contributed by atoms with E-state index in [4.69, 9.17) is 0 Å². The second-order valence-electron chi connectivity index (χ2n) is 2.80. The van der Waals surface area contributed by atoms with Gasteiger partial charge in [0, 0.05) is 25.0 Å². The summed E-state index contributed by atoms with van der Waals surface area (Å²) in [5.41, 5.74) is 0. The Morgan fingerprint density at radius 1 is 1.56 bits per heavy atom. The zero-order chi connectivity index (χ0) is 6.69. The van der Waals surface area contributed by atoms with E-state index in [1.807, 2.05) is 0 Å². The first kappa shape index (κ1) is 7.38. The Bertz CT molecular complexity index is 81.1. The van der Waals surface area contributed by atoms with Crippen molar-refractivity contribution in [3.8, 4) is 0 Å². The predicted molar refractivity (Wildman–Crippen MR) is 45.5 cm³/mol. The smallest absolute Gasteiger partial charge is 0.0324 e. The highest BCUT2D eigenvalue weighted by Crippen LogP contribution is 2.10. The molecule has 0 aromatic carbocycles. The molecule has 1 fully saturated rings. The van der Waals surface area contributed by atoms with Crippen LogP contribution in [-0.2, 0) is 0 Å². The second kappa shape index (κ2) is 3.44. The molecule has 0 atom stereocenters. The van der Waals surface area contributed by atoms with Crippen molar-refractivity contribution in [1.82, 2.24) is 10.6 Å². The van der Waals surface area contributed by atoms with E-state index in [2.05, 4.69) is 23.1 Å². The number of hydrogen-bond donors (Lipinski definition) is 3. The van der Waals surface area contributed by atoms with Crippen LogP contribution in [0.4, 0.5) is 0 Å². The molecule has 0 aromatic heterocycles. The maximum Gasteiger partial charge on any atom is 0.0324 e. The number of hydrogen-bond acceptors (Lipinski definition) is 2. The molecule has 0 aromatic rings. The monoisotopic (exact) mass is 148 g/mol. The lowest BCUT2D eigenvalue weighted by Crippen LogP contribution is -2.55. The van der Waals surface area contributed by atoms with Gasteiger partial charge in [-0.05, 0) is 12.5 Å². The normalized spacial score (nSPS) is 21.3. The number of thiol groups is 1. The fourth-order valence-electron chi connectivity index (χ4n) is 0.745. The topological polar surface area (TPSA) is 24.1 Å². The van der Waals surface area contributed by atoms with Gasteiger partial charge in [-0.25, -0.2) is 10.9 Å². The third kappa shape index (κ3) is 2.56. The molecule has 2 N–H and O–H groups in total. The molecule has 0 aliphatic carbocycles. The van der Waals surface area contributed by atoms with Crippen LogP contribution >= 0.6 is 10.9 Å². The Labute approximate surface area is 59.7 Å². The van der Waals surface area contributed by atoms with Crippen LogP contribution in [-0.4, -0.2) is 37.5 Å². The van der Waals surface area contributed by atoms with Crippen LogP contribution in [0.15, 0.2) is 0 Å². The average Bonchev–Trinajstić information content (AvgIpc) is 1.60. The van der Waals surface area contributed by atoms with Crippen molar-refractivity contribution >= 4 is 10.9 Å². The molecule has 1 saturated heterocycles. The highest BCUT2D eigenvalue weighted by Gasteiger charge is 2.14. The summed E-state index contributed by atoms with van der Waals surface area (Å²) in [4.78, 5) is 0. The quantitative estimate of drug-likeness (QED) is 0.481. The maximum atomic E-state index is 3.48. The summed E-state index contributed by atoms with van der Waals surface area (Å²) in [6.07, 6.45) is 4.60. The molecule has 1 aliphatic rings. The zero-order valence-corrected chi connectivity index (χ0v) is 7.04. The average molecular weight is 148 g/mol. The first-order valence-corrected chi connectivity index (χ1v) is 5.80. The summed E-state index contributed by atoms with van der Waals surface area (Å²) < 4.78 is 0. The largest absolute Gasteiger partial charge is 0.314 e. The van der Waals surface area contributed by atoms with E-state index in [0.29, 0.717) is 0 Å². The molecule has 1 aliphatic heterocycles. The van der Waals surface area contributed by atoms with Crippen LogP contribution < -0.4 is 10.6 Å². The third-order valence-electron chi connectivity index (χ3n) is 1.48. The van der Waals surface area contributed by atoms with Gasteiger partial charge in [0.2, 0.25) is 0 Å². The third-order valence-corrected chi connectivity index (χ3v) is 2.29. The Hall–Kier alpha value is 0.270. The molecule has 1 heterocycles. The van der Waals surface area contributed by atoms with Crippen molar-refractivity contribution in [2.75, 3.05) is 31.5 Å². The Morgan fingerprint density at radius 2 is 2.22 bits per heavy atom. The van der Waals surface area contributed by atoms with Crippen LogP contribution in [0.5, 0.6) is 0 Å². The molecule has 0 bridgehead atoms. The molecular formula is C6H16N2S. The summed E-state index contributed by atoms with van der Waals surface area (Å²) in [7, 11) is 0.256. The lowest BCUT2D eigenvalue weighted by molar-refractivity contribution is 0.385. The van der Waals surface area contributed by atoms with E-state index >= 15 is 0 Å². The van der Waals surface area contributed by atoms with Crippen LogP contribution in [0.1, 0.15) is 0 Å². The Balaban J connectivity index is 1.91. The van der Waals surface area contributed by atoms with Crippen LogP contribution in [0.3, 0.4) is 0 Å². The van der Waals surface area contributed by atoms with Crippen molar-refractivity contribution < 1.29 is 0 Å². The summed E-state index contributed by atoms with van der Waals surface area (Å²) >= 11 is 0. The van der Waals surface area contributed by atoms with Crippen LogP contribution in [0.2, 0.25) is 0 Å². The van der Waals surface area contributed by atoms with E-state index in [-0.39, 0.29) is 10.9 Å². The lowest BCUT2D eigenvalue weighted by atomic mass is 10.2. The first-order valence-electron chi connectivity index (χ1n) is 3.38. The zero-order valence-electron chi connectivity index (χ0n) is 6.15. The Morgan fingerprint density at radius 3 is 2.56 bits per heavy atom. The van der Waals surface area contributed by atoms with Crippen molar-refractivity contribution in [2.45, 2.75) is 6.04 Å². The van der Waals surface area contributed by atoms with Crippen molar-refractivity contribution in [3.05, 3.63) is 0 Å². The van der Waals surface area contributed by atoms with E-state index in [1.165, 1.54) is 19.0 Å². The molecule has 9 heavy (non-hydrogen) atoms. The van der Waals surface area contributed by atoms with E-state index in [0.717, 1.165) is 6.04 Å². The maximum absolute atomic E-state index is 3.48. The van der Waals surface area contributed by atoms with Crippen molar-refractivity contribution in [2.24, 2.45) is 0 Å². The van der Waals surface area contributed by atoms with Gasteiger partial charge in [0.15, 0.2) is 0 Å². The van der Waals surface area contributed by atoms with Gasteiger partial charge in [-0.3, -0.25) is 0 Å². The van der Waals surface area contributed by atoms with Gasteiger partial charge in [0.1, 0.15) is 0 Å². The van der Waals surface area contributed by atoms with Gasteiger partial charge in [0.25, 0.3) is 0 Å². The molecule has 0 spiro atoms. The minimum Gasteiger partial charge on any atom is -0.314 e. The minimum absolute atomic E-state index is 0.256. The fourth-order valence-corrected chi connectivity index (χ4v) is 1.37. The summed E-state index contributed by atoms with van der Waals surface area (Å²) in [5, 5.41) is 6.71. The number of rotatable bonds is 3. The van der Waals surface area contributed by atoms with Crippen LogP contribution in [0.25, 0.3) is 0 Å². The molecular weight excluding hydrogens is 132 g/mol. The molecule has 0 unspecified atom stereocenters. The van der Waals surface area contributed by atoms with Gasteiger partial charge in [0.05, 0.1) is 0 Å². The summed E-state index contributed by atoms with van der Waals surface area (Å²) in [6.45, 7) is 2.34. The molecule has 0 amide bonds. The SMILES string of the molecule is C[SH](C)CNC1CNC1. The highest BCUT2D eigenvalue weighted by atomic mass is 32.2. The van der Waals surface area contributed by atoms with E-state index in [9.17, 15) is 0 Å². The predicted octanol–water partition coefficient (Wildman–Crippen LogP) is -0.234. The molecule has 2 nitrogen and oxygen atoms in total. The van der Waals surface area contributed by atoms with Gasteiger partial charge >= 0.3 is 0 Å². The lowest BCUT2D eigenvalue weighted by Gasteiger charge is -2.29. The fraction of sp³-hybridized carbons (Fsp3) is 1.00. The van der Waals surface area contributed by atoms with Gasteiger partial charge in [-0.1, -0.05) is 0 Å². The summed E-state index contributed by atoms with van der Waals surface area (Å²) in [5.74, 6) is 1.22. The van der Waals surface area contributed by atoms with Gasteiger partial charge < -0.3 is 10.6 Å². The molecule has 1 rings (SSSR count). The van der Waals surface area contributed by atoms with Crippen LogP contribution in [0, 0.1) is 0 Å². The van der Waals surface area contributed by atoms with E-state index in [1.54, 1.807) is 0 Å². The number of nitrogens with one attached hydrogen (secondary N) is 2. The van der Waals surface area contributed by atoms with Gasteiger partial charge in [-0.15, -0.1) is 0 Å². The van der Waals surface area contributed by atoms with Crippen molar-refractivity contribution in [3.63, 3.8) is 0 Å². The molecule has 56 valence electrons. The molecule has 0 radical (unpaired) electrons. The minimum atomic E-state index is 0.256. The highest BCUT2D eigenvalue weighted by molar-refractivity contribution is 8.15. The van der Waals surface area contributed by atoms with Gasteiger partial charge in [-0.2, -0.15) is 0 Å².